The Morgan fingerprint density at radius 3 is 2.78 bits per heavy atom. The number of nitrogens with one attached hydrogen (secondary N) is 1. The van der Waals surface area contributed by atoms with Crippen LogP contribution >= 0.6 is 15.9 Å². The highest BCUT2D eigenvalue weighted by molar-refractivity contribution is 9.10. The first-order valence-corrected chi connectivity index (χ1v) is 6.54. The molecule has 0 aliphatic rings. The number of amides is 1. The molecule has 0 aromatic carbocycles. The second-order valence-corrected chi connectivity index (χ2v) is 4.55. The van der Waals surface area contributed by atoms with Crippen LogP contribution in [0.2, 0.25) is 0 Å². The molecule has 6 nitrogen and oxygen atoms in total. The number of hydrogen-bond acceptors (Lipinski definition) is 4. The van der Waals surface area contributed by atoms with E-state index in [-0.39, 0.29) is 18.0 Å². The van der Waals surface area contributed by atoms with E-state index in [0.29, 0.717) is 23.2 Å². The van der Waals surface area contributed by atoms with Gasteiger partial charge in [0.2, 0.25) is 5.91 Å². The molecule has 0 bridgehead atoms. The van der Waals surface area contributed by atoms with Gasteiger partial charge in [0.1, 0.15) is 4.47 Å². The molecule has 0 fully saturated rings. The zero-order valence-electron chi connectivity index (χ0n) is 10.7. The Morgan fingerprint density at radius 1 is 1.56 bits per heavy atom. The van der Waals surface area contributed by atoms with Crippen LogP contribution in [-0.4, -0.2) is 40.7 Å². The third-order valence-electron chi connectivity index (χ3n) is 2.61. The molecule has 1 heterocycles. The summed E-state index contributed by atoms with van der Waals surface area (Å²) in [5.41, 5.74) is 0.321. The van der Waals surface area contributed by atoms with Crippen LogP contribution in [0, 0.1) is 0 Å². The summed E-state index contributed by atoms with van der Waals surface area (Å²) >= 11 is 3.22. The van der Waals surface area contributed by atoms with Gasteiger partial charge in [-0.1, -0.05) is 0 Å². The van der Waals surface area contributed by atoms with E-state index in [2.05, 4.69) is 26.3 Å². The van der Waals surface area contributed by atoms with Gasteiger partial charge in [0.25, 0.3) is 5.56 Å². The van der Waals surface area contributed by atoms with Crippen molar-refractivity contribution in [2.24, 2.45) is 0 Å². The Labute approximate surface area is 114 Å². The fourth-order valence-electron chi connectivity index (χ4n) is 1.30. The minimum atomic E-state index is -0.209. The highest BCUT2D eigenvalue weighted by atomic mass is 79.9. The molecule has 0 aliphatic carbocycles. The second-order valence-electron chi connectivity index (χ2n) is 3.75. The number of anilines is 1. The molecule has 1 N–H and O–H groups in total. The Bertz CT molecular complexity index is 486. The fourth-order valence-corrected chi connectivity index (χ4v) is 1.74. The van der Waals surface area contributed by atoms with Crippen LogP contribution in [0.25, 0.3) is 0 Å². The van der Waals surface area contributed by atoms with E-state index < -0.39 is 0 Å². The van der Waals surface area contributed by atoms with E-state index in [1.54, 1.807) is 11.9 Å². The third kappa shape index (κ3) is 3.32. The zero-order valence-corrected chi connectivity index (χ0v) is 12.3. The maximum atomic E-state index is 11.8. The molecule has 1 rings (SSSR count). The third-order valence-corrected chi connectivity index (χ3v) is 3.38. The summed E-state index contributed by atoms with van der Waals surface area (Å²) in [5.74, 6) is -0.0379. The molecular formula is C11H17BrN4O2. The average Bonchev–Trinajstić information content (AvgIpc) is 2.39. The number of aromatic nitrogens is 2. The van der Waals surface area contributed by atoms with E-state index in [9.17, 15) is 9.59 Å². The quantitative estimate of drug-likeness (QED) is 0.877. The molecule has 0 atom stereocenters. The smallest absolute Gasteiger partial charge is 0.283 e. The predicted octanol–water partition coefficient (Wildman–Crippen LogP) is 0.916. The minimum absolute atomic E-state index is 0.0379. The van der Waals surface area contributed by atoms with Gasteiger partial charge in [0.05, 0.1) is 18.4 Å². The summed E-state index contributed by atoms with van der Waals surface area (Å²) in [4.78, 5) is 25.0. The van der Waals surface area contributed by atoms with Gasteiger partial charge in [0.15, 0.2) is 0 Å². The van der Waals surface area contributed by atoms with Crippen LogP contribution in [0.3, 0.4) is 0 Å². The largest absolute Gasteiger partial charge is 0.374 e. The molecule has 1 aromatic heterocycles. The molecule has 0 saturated carbocycles. The van der Waals surface area contributed by atoms with E-state index in [0.717, 1.165) is 0 Å². The molecular weight excluding hydrogens is 300 g/mol. The SMILES string of the molecule is CCN(C)C(=O)CNc1cnn(CC)c(=O)c1Br. The van der Waals surface area contributed by atoms with Gasteiger partial charge < -0.3 is 10.2 Å². The van der Waals surface area contributed by atoms with Gasteiger partial charge in [-0.3, -0.25) is 9.59 Å². The second kappa shape index (κ2) is 6.53. The number of carbonyl (C=O) groups is 1. The number of halogens is 1. The highest BCUT2D eigenvalue weighted by Gasteiger charge is 2.10. The Balaban J connectivity index is 2.78. The lowest BCUT2D eigenvalue weighted by Gasteiger charge is -2.15. The molecule has 7 heteroatoms. The topological polar surface area (TPSA) is 67.2 Å². The lowest BCUT2D eigenvalue weighted by atomic mass is 10.4. The van der Waals surface area contributed by atoms with Gasteiger partial charge in [-0.05, 0) is 29.8 Å². The fraction of sp³-hybridized carbons (Fsp3) is 0.545. The Morgan fingerprint density at radius 2 is 2.22 bits per heavy atom. The van der Waals surface area contributed by atoms with Crippen molar-refractivity contribution in [2.75, 3.05) is 25.5 Å². The van der Waals surface area contributed by atoms with Crippen LogP contribution in [0.1, 0.15) is 13.8 Å². The zero-order chi connectivity index (χ0) is 13.7. The molecule has 18 heavy (non-hydrogen) atoms. The van der Waals surface area contributed by atoms with Crippen molar-refractivity contribution < 1.29 is 4.79 Å². The number of nitrogens with zero attached hydrogens (tertiary/aromatic N) is 3. The van der Waals surface area contributed by atoms with Crippen molar-refractivity contribution in [1.29, 1.82) is 0 Å². The van der Waals surface area contributed by atoms with Crippen LogP contribution in [0.5, 0.6) is 0 Å². The lowest BCUT2D eigenvalue weighted by Crippen LogP contribution is -2.32. The monoisotopic (exact) mass is 316 g/mol. The molecule has 0 spiro atoms. The summed E-state index contributed by atoms with van der Waals surface area (Å²) < 4.78 is 1.74. The first kappa shape index (κ1) is 14.7. The number of aryl methyl sites for hydroxylation is 1. The van der Waals surface area contributed by atoms with E-state index in [4.69, 9.17) is 0 Å². The van der Waals surface area contributed by atoms with Crippen molar-refractivity contribution >= 4 is 27.5 Å². The molecule has 0 unspecified atom stereocenters. The van der Waals surface area contributed by atoms with Gasteiger partial charge >= 0.3 is 0 Å². The van der Waals surface area contributed by atoms with Gasteiger partial charge in [-0.2, -0.15) is 5.10 Å². The summed E-state index contributed by atoms with van der Waals surface area (Å²) in [6, 6.07) is 0. The lowest BCUT2D eigenvalue weighted by molar-refractivity contribution is -0.127. The standard InChI is InChI=1S/C11H17BrN4O2/c1-4-15(3)9(17)7-13-8-6-14-16(5-2)11(18)10(8)12/h6,13H,4-5,7H2,1-3H3. The molecule has 0 saturated heterocycles. The number of carbonyl (C=O) groups excluding carboxylic acids is 1. The van der Waals surface area contributed by atoms with Crippen molar-refractivity contribution in [2.45, 2.75) is 20.4 Å². The van der Waals surface area contributed by atoms with E-state index in [1.165, 1.54) is 10.9 Å². The van der Waals surface area contributed by atoms with E-state index in [1.807, 2.05) is 13.8 Å². The Kier molecular flexibility index (Phi) is 5.33. The molecule has 100 valence electrons. The van der Waals surface area contributed by atoms with Crippen molar-refractivity contribution in [1.82, 2.24) is 14.7 Å². The van der Waals surface area contributed by atoms with Crippen molar-refractivity contribution in [3.8, 4) is 0 Å². The summed E-state index contributed by atoms with van der Waals surface area (Å²) in [6.07, 6.45) is 1.54. The summed E-state index contributed by atoms with van der Waals surface area (Å²) in [7, 11) is 1.73. The number of likely N-dealkylation sites (N-methyl/N-ethyl adjacent to an activating group) is 1. The van der Waals surface area contributed by atoms with Gasteiger partial charge in [-0.15, -0.1) is 0 Å². The maximum absolute atomic E-state index is 11.8. The van der Waals surface area contributed by atoms with Crippen LogP contribution in [0.15, 0.2) is 15.5 Å². The van der Waals surface area contributed by atoms with Crippen molar-refractivity contribution in [3.05, 3.63) is 21.0 Å². The van der Waals surface area contributed by atoms with Gasteiger partial charge in [-0.25, -0.2) is 4.68 Å². The van der Waals surface area contributed by atoms with Crippen LogP contribution in [-0.2, 0) is 11.3 Å². The average molecular weight is 317 g/mol. The summed E-state index contributed by atoms with van der Waals surface area (Å²) in [6.45, 7) is 5.04. The number of hydrogen-bond donors (Lipinski definition) is 1. The molecule has 1 aromatic rings. The Hall–Kier alpha value is -1.37. The maximum Gasteiger partial charge on any atom is 0.283 e. The van der Waals surface area contributed by atoms with Gasteiger partial charge in [0, 0.05) is 20.1 Å². The molecule has 0 aliphatic heterocycles. The van der Waals surface area contributed by atoms with Crippen LogP contribution in [0.4, 0.5) is 5.69 Å². The predicted molar refractivity (Wildman–Crippen MR) is 73.7 cm³/mol. The minimum Gasteiger partial charge on any atom is -0.374 e. The molecule has 0 radical (unpaired) electrons. The normalized spacial score (nSPS) is 10.2. The van der Waals surface area contributed by atoms with Crippen molar-refractivity contribution in [3.63, 3.8) is 0 Å². The molecule has 1 amide bonds. The summed E-state index contributed by atoms with van der Waals surface area (Å²) in [5, 5.41) is 6.89. The first-order chi connectivity index (χ1) is 8.51. The van der Waals surface area contributed by atoms with Crippen LogP contribution < -0.4 is 10.9 Å². The first-order valence-electron chi connectivity index (χ1n) is 5.74. The van der Waals surface area contributed by atoms with E-state index >= 15 is 0 Å². The number of rotatable bonds is 5. The highest BCUT2D eigenvalue weighted by Crippen LogP contribution is 2.15.